The summed E-state index contributed by atoms with van der Waals surface area (Å²) in [5.41, 5.74) is 17.1. The van der Waals surface area contributed by atoms with Gasteiger partial charge in [0, 0.05) is 6.20 Å². The Balaban J connectivity index is 1.35. The van der Waals surface area contributed by atoms with Gasteiger partial charge in [0.2, 0.25) is 0 Å². The van der Waals surface area contributed by atoms with Gasteiger partial charge in [-0.1, -0.05) is 140 Å². The van der Waals surface area contributed by atoms with Crippen LogP contribution in [-0.4, -0.2) is 4.98 Å². The number of nitrogens with zero attached hydrogens (tertiary/aromatic N) is 3. The lowest BCUT2D eigenvalue weighted by molar-refractivity contribution is 1.26. The summed E-state index contributed by atoms with van der Waals surface area (Å²) in [5.74, 6) is 0. The van der Waals surface area contributed by atoms with E-state index in [0.717, 1.165) is 49.7 Å². The maximum absolute atomic E-state index is 9.55. The molecule has 0 bridgehead atoms. The molecule has 0 unspecified atom stereocenters. The smallest absolute Gasteiger partial charge is 0.141 e. The van der Waals surface area contributed by atoms with Crippen LogP contribution >= 0.6 is 0 Å². The minimum Gasteiger partial charge on any atom is -0.405 e. The van der Waals surface area contributed by atoms with Crippen LogP contribution < -0.4 is 5.73 Å². The lowest BCUT2D eigenvalue weighted by Crippen LogP contribution is -1.95. The molecule has 1 heterocycles. The molecule has 0 radical (unpaired) electrons. The van der Waals surface area contributed by atoms with Crippen LogP contribution in [-0.2, 0) is 0 Å². The maximum atomic E-state index is 9.55. The summed E-state index contributed by atoms with van der Waals surface area (Å²) in [6, 6.07) is 60.4. The van der Waals surface area contributed by atoms with E-state index in [-0.39, 0.29) is 0 Å². The third kappa shape index (κ3) is 5.84. The fourth-order valence-electron chi connectivity index (χ4n) is 8.34. The van der Waals surface area contributed by atoms with Gasteiger partial charge in [0.05, 0.1) is 12.5 Å². The van der Waals surface area contributed by atoms with E-state index in [1.807, 2.05) is 24.3 Å². The molecule has 0 aliphatic rings. The third-order valence-electron chi connectivity index (χ3n) is 10.6. The zero-order valence-corrected chi connectivity index (χ0v) is 30.4. The number of benzene rings is 8. The molecule has 0 fully saturated rings. The summed E-state index contributed by atoms with van der Waals surface area (Å²) >= 11 is 0. The van der Waals surface area contributed by atoms with Crippen LogP contribution in [0.4, 0.5) is 0 Å². The van der Waals surface area contributed by atoms with Gasteiger partial charge in [-0.05, 0) is 135 Å². The van der Waals surface area contributed by atoms with Crippen molar-refractivity contribution < 1.29 is 0 Å². The molecule has 8 aromatic carbocycles. The van der Waals surface area contributed by atoms with Gasteiger partial charge < -0.3 is 5.73 Å². The molecular formula is C52H34N4. The Labute approximate surface area is 325 Å². The molecule has 0 saturated carbocycles. The number of hydrogen-bond acceptors (Lipinski definition) is 4. The maximum Gasteiger partial charge on any atom is 0.141 e. The molecular weight excluding hydrogens is 681 g/mol. The van der Waals surface area contributed by atoms with Gasteiger partial charge in [-0.15, -0.1) is 0 Å². The minimum atomic E-state index is 0.296. The summed E-state index contributed by atoms with van der Waals surface area (Å²) in [6.45, 7) is 0. The fourth-order valence-corrected chi connectivity index (χ4v) is 8.34. The third-order valence-corrected chi connectivity index (χ3v) is 10.6. The second-order valence-electron chi connectivity index (χ2n) is 13.8. The van der Waals surface area contributed by atoms with Crippen LogP contribution in [0, 0.1) is 22.7 Å². The molecule has 4 nitrogen and oxygen atoms in total. The number of nitrogens with two attached hydrogens (primary N) is 1. The van der Waals surface area contributed by atoms with Gasteiger partial charge in [-0.25, -0.2) is 4.98 Å². The summed E-state index contributed by atoms with van der Waals surface area (Å²) in [5, 5.41) is 28.2. The van der Waals surface area contributed by atoms with Gasteiger partial charge in [-0.2, -0.15) is 10.5 Å². The second-order valence-corrected chi connectivity index (χ2v) is 13.8. The number of hydrogen-bond donors (Lipinski definition) is 1. The number of pyridine rings is 1. The number of aromatic nitrogens is 1. The van der Waals surface area contributed by atoms with Gasteiger partial charge in [0.25, 0.3) is 0 Å². The highest BCUT2D eigenvalue weighted by atomic mass is 14.7. The predicted molar refractivity (Wildman–Crippen MR) is 232 cm³/mol. The molecule has 0 aliphatic carbocycles. The summed E-state index contributed by atoms with van der Waals surface area (Å²) < 4.78 is 0. The van der Waals surface area contributed by atoms with Crippen LogP contribution in [0.2, 0.25) is 0 Å². The highest BCUT2D eigenvalue weighted by Crippen LogP contribution is 2.50. The Morgan fingerprint density at radius 2 is 0.946 bits per heavy atom. The first-order chi connectivity index (χ1) is 27.7. The zero-order valence-electron chi connectivity index (χ0n) is 30.4. The van der Waals surface area contributed by atoms with E-state index in [0.29, 0.717) is 12.1 Å². The van der Waals surface area contributed by atoms with Crippen molar-refractivity contribution >= 4 is 48.7 Å². The number of rotatable bonds is 7. The number of allylic oxidation sites excluding steroid dienone is 3. The van der Waals surface area contributed by atoms with Crippen molar-refractivity contribution in [2.45, 2.75) is 6.42 Å². The Morgan fingerprint density at radius 1 is 0.500 bits per heavy atom. The van der Waals surface area contributed by atoms with E-state index in [4.69, 9.17) is 5.73 Å². The van der Waals surface area contributed by atoms with E-state index in [1.165, 1.54) is 55.2 Å². The normalized spacial score (nSPS) is 11.7. The second kappa shape index (κ2) is 14.6. The monoisotopic (exact) mass is 714 g/mol. The first-order valence-corrected chi connectivity index (χ1v) is 18.6. The highest BCUT2D eigenvalue weighted by Gasteiger charge is 2.22. The first kappa shape index (κ1) is 34.0. The van der Waals surface area contributed by atoms with Crippen molar-refractivity contribution in [1.82, 2.24) is 4.98 Å². The van der Waals surface area contributed by atoms with Crippen molar-refractivity contribution in [3.8, 4) is 56.6 Å². The Bertz CT molecular complexity index is 3040. The average molecular weight is 715 g/mol. The van der Waals surface area contributed by atoms with Crippen LogP contribution in [0.15, 0.2) is 182 Å². The Morgan fingerprint density at radius 3 is 1.43 bits per heavy atom. The van der Waals surface area contributed by atoms with Crippen molar-refractivity contribution in [1.29, 1.82) is 10.5 Å². The van der Waals surface area contributed by atoms with Crippen LogP contribution in [0.1, 0.15) is 17.7 Å². The average Bonchev–Trinajstić information content (AvgIpc) is 3.26. The molecule has 9 rings (SSSR count). The van der Waals surface area contributed by atoms with Gasteiger partial charge >= 0.3 is 0 Å². The Hall–Kier alpha value is -7.79. The number of nitriles is 2. The molecule has 0 aliphatic heterocycles. The SMILES string of the molecule is N#CC/C=C(\C=C/N)c1cccc(-c2c3ccccc3c(-c3c4ccccc4c(-c4cccc(-c5ccnc(C#N)c5)c4)c4ccccc34)c3ccccc23)c1. The van der Waals surface area contributed by atoms with E-state index in [2.05, 4.69) is 163 Å². The quantitative estimate of drug-likeness (QED) is 0.131. The van der Waals surface area contributed by atoms with Gasteiger partial charge in [0.1, 0.15) is 11.8 Å². The van der Waals surface area contributed by atoms with E-state index in [1.54, 1.807) is 6.20 Å². The van der Waals surface area contributed by atoms with Crippen molar-refractivity contribution in [2.24, 2.45) is 5.73 Å². The number of fused-ring (bicyclic) bond motifs is 4. The molecule has 0 spiro atoms. The van der Waals surface area contributed by atoms with Gasteiger partial charge in [0.15, 0.2) is 0 Å². The standard InChI is InChI=1S/C52H34N4/c53-27-11-16-34(25-28-54)35-12-9-14-38(30-35)49-41-17-1-5-21-45(41)51(46-22-6-2-18-42(46)49)52-47-23-7-3-19-43(47)50(44-20-4-8-24-48(44)52)39-15-10-13-36(31-39)37-26-29-56-40(32-37)33-55/h1-10,12-26,28-32H,11,54H2/b28-25-,34-16+. The summed E-state index contributed by atoms with van der Waals surface area (Å²) in [4.78, 5) is 4.20. The molecule has 9 aromatic rings. The van der Waals surface area contributed by atoms with Gasteiger partial charge in [-0.3, -0.25) is 0 Å². The first-order valence-electron chi connectivity index (χ1n) is 18.6. The molecule has 4 heteroatoms. The molecule has 2 N–H and O–H groups in total. The fraction of sp³-hybridized carbons (Fsp3) is 0.0192. The molecule has 0 amide bonds. The Kier molecular flexibility index (Phi) is 8.84. The molecule has 56 heavy (non-hydrogen) atoms. The summed E-state index contributed by atoms with van der Waals surface area (Å²) in [6.07, 6.45) is 7.29. The van der Waals surface area contributed by atoms with E-state index < -0.39 is 0 Å². The van der Waals surface area contributed by atoms with Crippen LogP contribution in [0.3, 0.4) is 0 Å². The molecule has 262 valence electrons. The van der Waals surface area contributed by atoms with Crippen LogP contribution in [0.5, 0.6) is 0 Å². The minimum absolute atomic E-state index is 0.296. The lowest BCUT2D eigenvalue weighted by Gasteiger charge is -2.22. The zero-order chi connectivity index (χ0) is 38.0. The largest absolute Gasteiger partial charge is 0.405 e. The van der Waals surface area contributed by atoms with E-state index in [9.17, 15) is 10.5 Å². The van der Waals surface area contributed by atoms with Crippen molar-refractivity contribution in [2.75, 3.05) is 0 Å². The van der Waals surface area contributed by atoms with E-state index >= 15 is 0 Å². The van der Waals surface area contributed by atoms with Crippen molar-refractivity contribution in [3.63, 3.8) is 0 Å². The molecule has 0 atom stereocenters. The molecule has 0 saturated heterocycles. The molecule has 1 aromatic heterocycles. The summed E-state index contributed by atoms with van der Waals surface area (Å²) in [7, 11) is 0. The topological polar surface area (TPSA) is 86.5 Å². The van der Waals surface area contributed by atoms with Crippen molar-refractivity contribution in [3.05, 3.63) is 194 Å². The predicted octanol–water partition coefficient (Wildman–Crippen LogP) is 13.0. The highest BCUT2D eigenvalue weighted by molar-refractivity contribution is 6.30. The lowest BCUT2D eigenvalue weighted by atomic mass is 9.80. The van der Waals surface area contributed by atoms with Crippen LogP contribution in [0.25, 0.3) is 93.2 Å².